The van der Waals surface area contributed by atoms with Gasteiger partial charge >= 0.3 is 0 Å². The second-order valence-electron chi connectivity index (χ2n) is 7.04. The molecule has 2 aliphatic rings. The van der Waals surface area contributed by atoms with Crippen LogP contribution in [-0.2, 0) is 6.54 Å². The molecular weight excluding hydrogens is 296 g/mol. The molecule has 2 aromatic rings. The Balaban J connectivity index is 1.28. The second kappa shape index (κ2) is 6.91. The van der Waals surface area contributed by atoms with Gasteiger partial charge in [0.25, 0.3) is 0 Å². The third-order valence-corrected chi connectivity index (χ3v) is 5.38. The van der Waals surface area contributed by atoms with Gasteiger partial charge in [0.15, 0.2) is 0 Å². The van der Waals surface area contributed by atoms with Crippen molar-refractivity contribution in [1.82, 2.24) is 14.8 Å². The Kier molecular flexibility index (Phi) is 4.50. The lowest BCUT2D eigenvalue weighted by molar-refractivity contribution is 0.0856. The molecule has 4 rings (SSSR count). The number of nitrogens with one attached hydrogen (secondary N) is 1. The third-order valence-electron chi connectivity index (χ3n) is 5.38. The summed E-state index contributed by atoms with van der Waals surface area (Å²) in [5, 5.41) is 3.53. The number of hydrogen-bond donors (Lipinski definition) is 1. The molecule has 2 heterocycles. The van der Waals surface area contributed by atoms with E-state index in [2.05, 4.69) is 50.4 Å². The fourth-order valence-electron chi connectivity index (χ4n) is 3.69. The van der Waals surface area contributed by atoms with E-state index in [0.29, 0.717) is 5.54 Å². The number of rotatable bonds is 6. The molecule has 126 valence electrons. The Bertz CT molecular complexity index is 631. The van der Waals surface area contributed by atoms with E-state index >= 15 is 0 Å². The van der Waals surface area contributed by atoms with Crippen LogP contribution in [0.4, 0.5) is 5.82 Å². The SMILES string of the molecule is c1ccc(CN2CCN(C3(CNc4ccccn4)CC3)CC2)cc1. The van der Waals surface area contributed by atoms with Gasteiger partial charge in [-0.15, -0.1) is 0 Å². The minimum absolute atomic E-state index is 0.371. The largest absolute Gasteiger partial charge is 0.368 e. The summed E-state index contributed by atoms with van der Waals surface area (Å²) in [6.07, 6.45) is 4.47. The van der Waals surface area contributed by atoms with E-state index in [1.54, 1.807) is 0 Å². The Morgan fingerprint density at radius 3 is 2.33 bits per heavy atom. The monoisotopic (exact) mass is 322 g/mol. The summed E-state index contributed by atoms with van der Waals surface area (Å²) in [6, 6.07) is 16.9. The van der Waals surface area contributed by atoms with E-state index in [-0.39, 0.29) is 0 Å². The molecule has 0 unspecified atom stereocenters. The Hall–Kier alpha value is -1.91. The quantitative estimate of drug-likeness (QED) is 0.886. The van der Waals surface area contributed by atoms with Crippen molar-refractivity contribution in [3.8, 4) is 0 Å². The number of nitrogens with zero attached hydrogens (tertiary/aromatic N) is 3. The van der Waals surface area contributed by atoms with Gasteiger partial charge in [0.1, 0.15) is 5.82 Å². The number of benzene rings is 1. The van der Waals surface area contributed by atoms with Crippen molar-refractivity contribution in [3.63, 3.8) is 0 Å². The van der Waals surface area contributed by atoms with E-state index in [1.165, 1.54) is 44.6 Å². The lowest BCUT2D eigenvalue weighted by Gasteiger charge is -2.40. The van der Waals surface area contributed by atoms with Crippen LogP contribution in [-0.4, -0.2) is 53.0 Å². The fraction of sp³-hybridized carbons (Fsp3) is 0.450. The second-order valence-corrected chi connectivity index (χ2v) is 7.04. The smallest absolute Gasteiger partial charge is 0.125 e. The maximum Gasteiger partial charge on any atom is 0.125 e. The minimum atomic E-state index is 0.371. The van der Waals surface area contributed by atoms with E-state index < -0.39 is 0 Å². The zero-order valence-electron chi connectivity index (χ0n) is 14.2. The molecular formula is C20H26N4. The Morgan fingerprint density at radius 1 is 0.917 bits per heavy atom. The van der Waals surface area contributed by atoms with Crippen LogP contribution in [0.25, 0.3) is 0 Å². The van der Waals surface area contributed by atoms with Crippen LogP contribution in [0.2, 0.25) is 0 Å². The molecule has 1 aromatic heterocycles. The predicted octanol–water partition coefficient (Wildman–Crippen LogP) is 2.84. The van der Waals surface area contributed by atoms with Crippen molar-refractivity contribution in [1.29, 1.82) is 0 Å². The van der Waals surface area contributed by atoms with Crippen LogP contribution < -0.4 is 5.32 Å². The first-order valence-corrected chi connectivity index (χ1v) is 9.00. The molecule has 1 aliphatic heterocycles. The van der Waals surface area contributed by atoms with Crippen molar-refractivity contribution >= 4 is 5.82 Å². The molecule has 24 heavy (non-hydrogen) atoms. The standard InChI is InChI=1S/C20H26N4/c1-2-6-18(7-3-1)16-23-12-14-24(15-13-23)20(9-10-20)17-22-19-8-4-5-11-21-19/h1-8,11H,9-10,12-17H2,(H,21,22). The zero-order valence-corrected chi connectivity index (χ0v) is 14.2. The highest BCUT2D eigenvalue weighted by Crippen LogP contribution is 2.42. The summed E-state index contributed by atoms with van der Waals surface area (Å²) < 4.78 is 0. The van der Waals surface area contributed by atoms with Crippen molar-refractivity contribution in [2.24, 2.45) is 0 Å². The van der Waals surface area contributed by atoms with Crippen LogP contribution in [0.3, 0.4) is 0 Å². The summed E-state index contributed by atoms with van der Waals surface area (Å²) in [7, 11) is 0. The van der Waals surface area contributed by atoms with Crippen LogP contribution in [0.15, 0.2) is 54.7 Å². The average Bonchev–Trinajstić information content (AvgIpc) is 3.44. The number of anilines is 1. The zero-order chi connectivity index (χ0) is 16.2. The molecule has 1 saturated heterocycles. The van der Waals surface area contributed by atoms with Gasteiger partial charge in [0.2, 0.25) is 0 Å². The molecule has 4 nitrogen and oxygen atoms in total. The van der Waals surface area contributed by atoms with Crippen molar-refractivity contribution in [3.05, 3.63) is 60.3 Å². The number of pyridine rings is 1. The highest BCUT2D eigenvalue weighted by molar-refractivity contribution is 5.34. The van der Waals surface area contributed by atoms with Gasteiger partial charge < -0.3 is 5.32 Å². The summed E-state index contributed by atoms with van der Waals surface area (Å²) in [4.78, 5) is 9.65. The molecule has 1 aliphatic carbocycles. The molecule has 1 saturated carbocycles. The lowest BCUT2D eigenvalue weighted by Crippen LogP contribution is -2.53. The van der Waals surface area contributed by atoms with Gasteiger partial charge in [-0.05, 0) is 30.5 Å². The molecule has 0 radical (unpaired) electrons. The fourth-order valence-corrected chi connectivity index (χ4v) is 3.69. The Morgan fingerprint density at radius 2 is 1.67 bits per heavy atom. The molecule has 1 aromatic carbocycles. The molecule has 0 amide bonds. The maximum absolute atomic E-state index is 4.38. The van der Waals surface area contributed by atoms with Crippen molar-refractivity contribution in [2.45, 2.75) is 24.9 Å². The topological polar surface area (TPSA) is 31.4 Å². The van der Waals surface area contributed by atoms with Gasteiger partial charge in [0.05, 0.1) is 0 Å². The van der Waals surface area contributed by atoms with E-state index in [4.69, 9.17) is 0 Å². The first-order valence-electron chi connectivity index (χ1n) is 9.00. The summed E-state index contributed by atoms with van der Waals surface area (Å²) >= 11 is 0. The number of hydrogen-bond acceptors (Lipinski definition) is 4. The molecule has 0 bridgehead atoms. The molecule has 1 N–H and O–H groups in total. The van der Waals surface area contributed by atoms with E-state index in [9.17, 15) is 0 Å². The summed E-state index contributed by atoms with van der Waals surface area (Å²) in [6.45, 7) is 6.78. The highest BCUT2D eigenvalue weighted by atomic mass is 15.3. The molecule has 4 heteroatoms. The first kappa shape index (κ1) is 15.6. The summed E-state index contributed by atoms with van der Waals surface area (Å²) in [5.74, 6) is 0.992. The molecule has 0 spiro atoms. The van der Waals surface area contributed by atoms with Gasteiger partial charge in [-0.25, -0.2) is 4.98 Å². The van der Waals surface area contributed by atoms with Gasteiger partial charge in [-0.1, -0.05) is 36.4 Å². The number of aromatic nitrogens is 1. The van der Waals surface area contributed by atoms with E-state index in [1.807, 2.05) is 24.4 Å². The number of piperazine rings is 1. The van der Waals surface area contributed by atoms with Crippen molar-refractivity contribution in [2.75, 3.05) is 38.0 Å². The van der Waals surface area contributed by atoms with Gasteiger partial charge in [-0.2, -0.15) is 0 Å². The van der Waals surface area contributed by atoms with Gasteiger partial charge in [0, 0.05) is 51.0 Å². The lowest BCUT2D eigenvalue weighted by atomic mass is 10.1. The summed E-state index contributed by atoms with van der Waals surface area (Å²) in [5.41, 5.74) is 1.79. The van der Waals surface area contributed by atoms with Gasteiger partial charge in [-0.3, -0.25) is 9.80 Å². The van der Waals surface area contributed by atoms with Crippen LogP contribution in [0, 0.1) is 0 Å². The first-order chi connectivity index (χ1) is 11.8. The normalized spacial score (nSPS) is 20.7. The average molecular weight is 322 g/mol. The molecule has 0 atom stereocenters. The maximum atomic E-state index is 4.38. The van der Waals surface area contributed by atoms with Crippen LogP contribution in [0.1, 0.15) is 18.4 Å². The predicted molar refractivity (Wildman–Crippen MR) is 98.0 cm³/mol. The highest BCUT2D eigenvalue weighted by Gasteiger charge is 2.48. The van der Waals surface area contributed by atoms with Crippen LogP contribution >= 0.6 is 0 Å². The molecule has 2 fully saturated rings. The van der Waals surface area contributed by atoms with E-state index in [0.717, 1.165) is 18.9 Å². The Labute approximate surface area is 144 Å². The minimum Gasteiger partial charge on any atom is -0.368 e. The van der Waals surface area contributed by atoms with Crippen molar-refractivity contribution < 1.29 is 0 Å². The third kappa shape index (κ3) is 3.60. The van der Waals surface area contributed by atoms with Crippen LogP contribution in [0.5, 0.6) is 0 Å².